The molecular formula is C9H8Br2N4O. The summed E-state index contributed by atoms with van der Waals surface area (Å²) in [6, 6.07) is 1.72. The minimum Gasteiger partial charge on any atom is -0.319 e. The van der Waals surface area contributed by atoms with Crippen LogP contribution in [0.25, 0.3) is 0 Å². The van der Waals surface area contributed by atoms with Crippen molar-refractivity contribution in [3.8, 4) is 0 Å². The first-order valence-electron chi connectivity index (χ1n) is 4.46. The van der Waals surface area contributed by atoms with Crippen LogP contribution in [0.2, 0.25) is 0 Å². The second kappa shape index (κ2) is 4.50. The molecule has 2 aromatic rings. The van der Waals surface area contributed by atoms with Gasteiger partial charge in [0.15, 0.2) is 5.82 Å². The van der Waals surface area contributed by atoms with Crippen LogP contribution in [0.15, 0.2) is 32.3 Å². The van der Waals surface area contributed by atoms with Gasteiger partial charge in [-0.1, -0.05) is 0 Å². The molecule has 0 fully saturated rings. The molecule has 7 heteroatoms. The lowest BCUT2D eigenvalue weighted by atomic mass is 10.4. The fourth-order valence-corrected chi connectivity index (χ4v) is 2.54. The van der Waals surface area contributed by atoms with Crippen LogP contribution in [0.1, 0.15) is 5.82 Å². The van der Waals surface area contributed by atoms with Gasteiger partial charge in [-0.3, -0.25) is 4.79 Å². The molecule has 0 aliphatic carbocycles. The van der Waals surface area contributed by atoms with Gasteiger partial charge in [0.1, 0.15) is 6.33 Å². The van der Waals surface area contributed by atoms with Gasteiger partial charge in [-0.2, -0.15) is 0 Å². The van der Waals surface area contributed by atoms with Crippen LogP contribution >= 0.6 is 31.9 Å². The van der Waals surface area contributed by atoms with Crippen LogP contribution in [0.5, 0.6) is 0 Å². The minimum absolute atomic E-state index is 0.0915. The maximum Gasteiger partial charge on any atom is 0.265 e. The monoisotopic (exact) mass is 346 g/mol. The smallest absolute Gasteiger partial charge is 0.265 e. The number of aryl methyl sites for hydroxylation is 1. The van der Waals surface area contributed by atoms with Crippen molar-refractivity contribution in [2.75, 3.05) is 0 Å². The molecule has 0 atom stereocenters. The quantitative estimate of drug-likeness (QED) is 0.828. The summed E-state index contributed by atoms with van der Waals surface area (Å²) in [5, 5.41) is 7.70. The molecule has 84 valence electrons. The summed E-state index contributed by atoms with van der Waals surface area (Å²) in [4.78, 5) is 11.8. The zero-order chi connectivity index (χ0) is 11.7. The summed E-state index contributed by atoms with van der Waals surface area (Å²) in [5.74, 6) is 0.729. The first kappa shape index (κ1) is 11.5. The minimum atomic E-state index is -0.0915. The molecule has 16 heavy (non-hydrogen) atoms. The molecule has 0 unspecified atom stereocenters. The Kier molecular flexibility index (Phi) is 3.25. The molecule has 0 amide bonds. The number of pyridine rings is 1. The van der Waals surface area contributed by atoms with E-state index < -0.39 is 0 Å². The number of nitrogens with zero attached hydrogens (tertiary/aromatic N) is 4. The van der Waals surface area contributed by atoms with Crippen molar-refractivity contribution in [2.45, 2.75) is 6.54 Å². The highest BCUT2D eigenvalue weighted by molar-refractivity contribution is 9.11. The Labute approximate surface area is 108 Å². The molecular weight excluding hydrogens is 340 g/mol. The lowest BCUT2D eigenvalue weighted by molar-refractivity contribution is 0.672. The highest BCUT2D eigenvalue weighted by Gasteiger charge is 2.06. The number of aromatic nitrogens is 4. The number of rotatable bonds is 2. The SMILES string of the molecule is Cn1cnnc1Cn1cc(Br)cc(Br)c1=O. The zero-order valence-electron chi connectivity index (χ0n) is 8.39. The van der Waals surface area contributed by atoms with Crippen LogP contribution < -0.4 is 5.56 Å². The molecule has 0 aliphatic rings. The van der Waals surface area contributed by atoms with Crippen LogP contribution in [0.4, 0.5) is 0 Å². The second-order valence-electron chi connectivity index (χ2n) is 3.30. The summed E-state index contributed by atoms with van der Waals surface area (Å²) in [6.45, 7) is 0.396. The van der Waals surface area contributed by atoms with E-state index in [1.54, 1.807) is 27.7 Å². The van der Waals surface area contributed by atoms with E-state index in [9.17, 15) is 4.79 Å². The Hall–Kier alpha value is -0.950. The van der Waals surface area contributed by atoms with Crippen molar-refractivity contribution in [1.29, 1.82) is 0 Å². The number of hydrogen-bond donors (Lipinski definition) is 0. The van der Waals surface area contributed by atoms with Crippen molar-refractivity contribution in [2.24, 2.45) is 7.05 Å². The molecule has 0 N–H and O–H groups in total. The van der Waals surface area contributed by atoms with Crippen LogP contribution in [0.3, 0.4) is 0 Å². The van der Waals surface area contributed by atoms with Gasteiger partial charge in [-0.05, 0) is 37.9 Å². The largest absolute Gasteiger partial charge is 0.319 e. The molecule has 5 nitrogen and oxygen atoms in total. The third kappa shape index (κ3) is 2.25. The molecule has 0 saturated heterocycles. The van der Waals surface area contributed by atoms with Crippen molar-refractivity contribution >= 4 is 31.9 Å². The Bertz CT molecular complexity index is 575. The summed E-state index contributed by atoms with van der Waals surface area (Å²) < 4.78 is 4.70. The van der Waals surface area contributed by atoms with Crippen molar-refractivity contribution in [1.82, 2.24) is 19.3 Å². The van der Waals surface area contributed by atoms with Crippen molar-refractivity contribution in [3.05, 3.63) is 43.7 Å². The normalized spacial score (nSPS) is 10.7. The van der Waals surface area contributed by atoms with Crippen molar-refractivity contribution < 1.29 is 0 Å². The number of halogens is 2. The number of hydrogen-bond acceptors (Lipinski definition) is 3. The van der Waals surface area contributed by atoms with E-state index in [4.69, 9.17) is 0 Å². The third-order valence-corrected chi connectivity index (χ3v) is 3.13. The molecule has 0 radical (unpaired) electrons. The van der Waals surface area contributed by atoms with Crippen LogP contribution in [0, 0.1) is 0 Å². The Morgan fingerprint density at radius 3 is 2.81 bits per heavy atom. The summed E-state index contributed by atoms with van der Waals surface area (Å²) in [7, 11) is 1.84. The zero-order valence-corrected chi connectivity index (χ0v) is 11.6. The molecule has 2 rings (SSSR count). The lowest BCUT2D eigenvalue weighted by Crippen LogP contribution is -2.22. The van der Waals surface area contributed by atoms with E-state index in [-0.39, 0.29) is 5.56 Å². The molecule has 0 aliphatic heterocycles. The first-order chi connectivity index (χ1) is 7.58. The van der Waals surface area contributed by atoms with Gasteiger partial charge < -0.3 is 9.13 Å². The summed E-state index contributed by atoms with van der Waals surface area (Å²) >= 11 is 6.55. The predicted molar refractivity (Wildman–Crippen MR) is 66.2 cm³/mol. The molecule has 0 aromatic carbocycles. The van der Waals surface area contributed by atoms with E-state index >= 15 is 0 Å². The Morgan fingerprint density at radius 2 is 2.19 bits per heavy atom. The first-order valence-corrected chi connectivity index (χ1v) is 6.05. The van der Waals surface area contributed by atoms with Crippen LogP contribution in [-0.2, 0) is 13.6 Å². The maximum atomic E-state index is 11.8. The molecule has 2 heterocycles. The lowest BCUT2D eigenvalue weighted by Gasteiger charge is -2.06. The van der Waals surface area contributed by atoms with E-state index in [2.05, 4.69) is 42.1 Å². The molecule has 0 spiro atoms. The average Bonchev–Trinajstić information content (AvgIpc) is 2.60. The van der Waals surface area contributed by atoms with Crippen LogP contribution in [-0.4, -0.2) is 19.3 Å². The van der Waals surface area contributed by atoms with Crippen molar-refractivity contribution in [3.63, 3.8) is 0 Å². The van der Waals surface area contributed by atoms with E-state index in [0.29, 0.717) is 11.0 Å². The fourth-order valence-electron chi connectivity index (χ4n) is 1.28. The van der Waals surface area contributed by atoms with Gasteiger partial charge in [-0.25, -0.2) is 0 Å². The average molecular weight is 348 g/mol. The molecule has 0 bridgehead atoms. The molecule has 0 saturated carbocycles. The summed E-state index contributed by atoms with van der Waals surface area (Å²) in [6.07, 6.45) is 3.33. The predicted octanol–water partition coefficient (Wildman–Crippen LogP) is 1.55. The van der Waals surface area contributed by atoms with Gasteiger partial charge in [0.25, 0.3) is 5.56 Å². The third-order valence-electron chi connectivity index (χ3n) is 2.13. The van der Waals surface area contributed by atoms with E-state index in [1.165, 1.54) is 0 Å². The Morgan fingerprint density at radius 1 is 1.44 bits per heavy atom. The van der Waals surface area contributed by atoms with Gasteiger partial charge in [0, 0.05) is 17.7 Å². The Balaban J connectivity index is 2.43. The second-order valence-corrected chi connectivity index (χ2v) is 5.07. The fraction of sp³-hybridized carbons (Fsp3) is 0.222. The van der Waals surface area contributed by atoms with Gasteiger partial charge in [-0.15, -0.1) is 10.2 Å². The maximum absolute atomic E-state index is 11.8. The standard InChI is InChI=1S/C9H8Br2N4O/c1-14-5-12-13-8(14)4-15-3-6(10)2-7(11)9(15)16/h2-3,5H,4H2,1H3. The van der Waals surface area contributed by atoms with E-state index in [1.807, 2.05) is 7.05 Å². The van der Waals surface area contributed by atoms with Gasteiger partial charge >= 0.3 is 0 Å². The topological polar surface area (TPSA) is 52.7 Å². The highest BCUT2D eigenvalue weighted by atomic mass is 79.9. The summed E-state index contributed by atoms with van der Waals surface area (Å²) in [5.41, 5.74) is -0.0915. The van der Waals surface area contributed by atoms with E-state index in [0.717, 1.165) is 10.3 Å². The van der Waals surface area contributed by atoms with Gasteiger partial charge in [0.2, 0.25) is 0 Å². The van der Waals surface area contributed by atoms with Gasteiger partial charge in [0.05, 0.1) is 11.0 Å². The molecule has 2 aromatic heterocycles. The highest BCUT2D eigenvalue weighted by Crippen LogP contribution is 2.13.